The fourth-order valence-electron chi connectivity index (χ4n) is 3.62. The Labute approximate surface area is 222 Å². The van der Waals surface area contributed by atoms with Gasteiger partial charge < -0.3 is 19.3 Å². The molecule has 0 fully saturated rings. The van der Waals surface area contributed by atoms with Gasteiger partial charge in [0.05, 0.1) is 5.56 Å². The molecule has 8 nitrogen and oxygen atoms in total. The number of nitrogens with one attached hydrogen (secondary N) is 1. The molecule has 1 aromatic heterocycles. The first-order valence-corrected chi connectivity index (χ1v) is 11.4. The number of alkyl halides is 6. The maximum Gasteiger partial charge on any atom is 0.573 e. The molecule has 0 bridgehead atoms. The van der Waals surface area contributed by atoms with E-state index in [0.717, 1.165) is 24.3 Å². The molecule has 0 radical (unpaired) electrons. The minimum absolute atomic E-state index is 0.00815. The fraction of sp³-hybridized carbons (Fsp3) is 0.192. The normalized spacial score (nSPS) is 12.6. The second-order valence-electron chi connectivity index (χ2n) is 8.35. The van der Waals surface area contributed by atoms with Crippen LogP contribution in [0.1, 0.15) is 28.6 Å². The maximum atomic E-state index is 13.4. The predicted octanol–water partition coefficient (Wildman–Crippen LogP) is 6.33. The highest BCUT2D eigenvalue weighted by Gasteiger charge is 2.33. The van der Waals surface area contributed by atoms with E-state index in [0.29, 0.717) is 11.1 Å². The van der Waals surface area contributed by atoms with Crippen LogP contribution in [0.4, 0.5) is 26.3 Å². The van der Waals surface area contributed by atoms with Crippen molar-refractivity contribution in [3.8, 4) is 28.6 Å². The third kappa shape index (κ3) is 7.21. The van der Waals surface area contributed by atoms with E-state index in [1.807, 2.05) is 0 Å². The molecule has 2 N–H and O–H groups in total. The van der Waals surface area contributed by atoms with E-state index in [1.54, 1.807) is 6.92 Å². The Balaban J connectivity index is 1.67. The highest BCUT2D eigenvalue weighted by molar-refractivity contribution is 5.68. The molecule has 0 saturated carbocycles. The lowest BCUT2D eigenvalue weighted by molar-refractivity contribution is -0.274. The summed E-state index contributed by atoms with van der Waals surface area (Å²) in [4.78, 5) is 15.1. The van der Waals surface area contributed by atoms with Gasteiger partial charge in [0.2, 0.25) is 0 Å². The number of benzene rings is 3. The van der Waals surface area contributed by atoms with Gasteiger partial charge in [-0.1, -0.05) is 12.1 Å². The van der Waals surface area contributed by atoms with Gasteiger partial charge in [0.25, 0.3) is 0 Å². The van der Waals surface area contributed by atoms with Gasteiger partial charge in [-0.05, 0) is 67.1 Å². The highest BCUT2D eigenvalue weighted by Crippen LogP contribution is 2.35. The van der Waals surface area contributed by atoms with Gasteiger partial charge in [-0.25, -0.2) is 9.78 Å². The summed E-state index contributed by atoms with van der Waals surface area (Å²) in [5.41, 5.74) is -0.0425. The van der Waals surface area contributed by atoms with Gasteiger partial charge >= 0.3 is 18.5 Å². The summed E-state index contributed by atoms with van der Waals surface area (Å²) in [6, 6.07) is 13.5. The second kappa shape index (κ2) is 11.2. The summed E-state index contributed by atoms with van der Waals surface area (Å²) in [5.74, 6) is -1.10. The number of carboxylic acid groups (broad SMARTS) is 1. The zero-order valence-corrected chi connectivity index (χ0v) is 20.4. The molecule has 4 rings (SSSR count). The third-order valence-corrected chi connectivity index (χ3v) is 5.37. The molecule has 40 heavy (non-hydrogen) atoms. The molecule has 1 heterocycles. The SMILES string of the molecule is Cc1cc(OC(c2cccc(C(F)(F)F)c2)c2nc(-c3ccc(OC(F)(F)F)cc3)n[nH]2)ccc1OCC(=O)O. The van der Waals surface area contributed by atoms with Crippen LogP contribution < -0.4 is 14.2 Å². The van der Waals surface area contributed by atoms with E-state index >= 15 is 0 Å². The number of halogens is 6. The van der Waals surface area contributed by atoms with Crippen LogP contribution in [0.25, 0.3) is 11.4 Å². The summed E-state index contributed by atoms with van der Waals surface area (Å²) in [7, 11) is 0. The predicted molar refractivity (Wildman–Crippen MR) is 127 cm³/mol. The lowest BCUT2D eigenvalue weighted by Crippen LogP contribution is -2.16. The van der Waals surface area contributed by atoms with Crippen molar-refractivity contribution < 1.29 is 50.5 Å². The number of rotatable bonds is 9. The summed E-state index contributed by atoms with van der Waals surface area (Å²) in [5, 5.41) is 15.5. The van der Waals surface area contributed by atoms with Gasteiger partial charge in [-0.3, -0.25) is 5.10 Å². The van der Waals surface area contributed by atoms with Crippen molar-refractivity contribution in [1.82, 2.24) is 15.2 Å². The molecule has 0 spiro atoms. The van der Waals surface area contributed by atoms with Gasteiger partial charge in [0.15, 0.2) is 24.4 Å². The topological polar surface area (TPSA) is 107 Å². The lowest BCUT2D eigenvalue weighted by atomic mass is 10.0. The average Bonchev–Trinajstić information content (AvgIpc) is 3.36. The summed E-state index contributed by atoms with van der Waals surface area (Å²) in [6.07, 6.45) is -10.7. The van der Waals surface area contributed by atoms with Gasteiger partial charge in [0, 0.05) is 11.1 Å². The van der Waals surface area contributed by atoms with Crippen molar-refractivity contribution in [1.29, 1.82) is 0 Å². The average molecular weight is 567 g/mol. The fourth-order valence-corrected chi connectivity index (χ4v) is 3.62. The number of H-pyrrole nitrogens is 1. The van der Waals surface area contributed by atoms with E-state index in [1.165, 1.54) is 42.5 Å². The first kappa shape index (κ1) is 28.3. The summed E-state index contributed by atoms with van der Waals surface area (Å²) in [6.45, 7) is 1.06. The Hall–Kier alpha value is -4.75. The number of carboxylic acids is 1. The standard InChI is InChI=1S/C26H19F6N3O5/c1-14-11-19(9-10-20(14)38-13-21(36)37)39-22(16-3-2-4-17(12-16)25(27,28)29)24-33-23(34-35-24)15-5-7-18(8-6-15)40-26(30,31)32/h2-12,22H,13H2,1H3,(H,36,37)(H,33,34,35). The zero-order chi connectivity index (χ0) is 29.1. The van der Waals surface area contributed by atoms with Crippen LogP contribution in [-0.2, 0) is 11.0 Å². The van der Waals surface area contributed by atoms with Crippen molar-refractivity contribution >= 4 is 5.97 Å². The number of aryl methyl sites for hydroxylation is 1. The van der Waals surface area contributed by atoms with Gasteiger partial charge in [-0.15, -0.1) is 13.2 Å². The number of hydrogen-bond acceptors (Lipinski definition) is 6. The number of hydrogen-bond donors (Lipinski definition) is 2. The molecule has 14 heteroatoms. The van der Waals surface area contributed by atoms with Crippen LogP contribution in [0.15, 0.2) is 66.7 Å². The molecule has 1 atom stereocenters. The molecule has 3 aromatic carbocycles. The van der Waals surface area contributed by atoms with Crippen LogP contribution in [0.5, 0.6) is 17.2 Å². The molecule has 0 saturated heterocycles. The summed E-state index contributed by atoms with van der Waals surface area (Å²) >= 11 is 0. The van der Waals surface area contributed by atoms with E-state index in [4.69, 9.17) is 14.6 Å². The van der Waals surface area contributed by atoms with Crippen LogP contribution in [-0.4, -0.2) is 39.2 Å². The smallest absolute Gasteiger partial charge is 0.482 e. The Morgan fingerprint density at radius 2 is 1.68 bits per heavy atom. The molecular formula is C26H19F6N3O5. The van der Waals surface area contributed by atoms with Crippen LogP contribution in [0.2, 0.25) is 0 Å². The van der Waals surface area contributed by atoms with Gasteiger partial charge in [-0.2, -0.15) is 18.3 Å². The molecule has 4 aromatic rings. The zero-order valence-electron chi connectivity index (χ0n) is 20.4. The van der Waals surface area contributed by atoms with Crippen molar-refractivity contribution in [3.05, 3.63) is 89.2 Å². The number of aromatic amines is 1. The van der Waals surface area contributed by atoms with E-state index in [-0.39, 0.29) is 28.7 Å². The highest BCUT2D eigenvalue weighted by atomic mass is 19.4. The summed E-state index contributed by atoms with van der Waals surface area (Å²) < 4.78 is 92.7. The number of nitrogens with zero attached hydrogens (tertiary/aromatic N) is 2. The molecule has 210 valence electrons. The Kier molecular flexibility index (Phi) is 7.89. The minimum Gasteiger partial charge on any atom is -0.482 e. The number of ether oxygens (including phenoxy) is 3. The van der Waals surface area contributed by atoms with Crippen LogP contribution in [0.3, 0.4) is 0 Å². The Morgan fingerprint density at radius 3 is 2.30 bits per heavy atom. The van der Waals surface area contributed by atoms with Crippen molar-refractivity contribution in [2.24, 2.45) is 0 Å². The molecule has 0 aliphatic rings. The molecular weight excluding hydrogens is 548 g/mol. The molecule has 0 aliphatic heterocycles. The number of carbonyl (C=O) groups is 1. The monoisotopic (exact) mass is 567 g/mol. The molecule has 0 amide bonds. The molecule has 0 aliphatic carbocycles. The van der Waals surface area contributed by atoms with Crippen LogP contribution in [0, 0.1) is 6.92 Å². The third-order valence-electron chi connectivity index (χ3n) is 5.37. The first-order valence-electron chi connectivity index (χ1n) is 11.4. The van der Waals surface area contributed by atoms with E-state index < -0.39 is 42.5 Å². The quantitative estimate of drug-likeness (QED) is 0.228. The van der Waals surface area contributed by atoms with E-state index in [2.05, 4.69) is 19.9 Å². The Morgan fingerprint density at radius 1 is 0.975 bits per heavy atom. The lowest BCUT2D eigenvalue weighted by Gasteiger charge is -2.19. The van der Waals surface area contributed by atoms with Gasteiger partial charge in [0.1, 0.15) is 17.2 Å². The van der Waals surface area contributed by atoms with Crippen LogP contribution >= 0.6 is 0 Å². The van der Waals surface area contributed by atoms with Crippen molar-refractivity contribution in [2.75, 3.05) is 6.61 Å². The number of aromatic nitrogens is 3. The number of aliphatic carboxylic acids is 1. The second-order valence-corrected chi connectivity index (χ2v) is 8.35. The largest absolute Gasteiger partial charge is 0.573 e. The molecule has 1 unspecified atom stereocenters. The first-order chi connectivity index (χ1) is 18.8. The van der Waals surface area contributed by atoms with Crippen molar-refractivity contribution in [3.63, 3.8) is 0 Å². The maximum absolute atomic E-state index is 13.4. The Bertz CT molecular complexity index is 1490. The van der Waals surface area contributed by atoms with E-state index in [9.17, 15) is 31.1 Å². The van der Waals surface area contributed by atoms with Crippen molar-refractivity contribution in [2.45, 2.75) is 25.6 Å². The minimum atomic E-state index is -4.87.